The number of aryl methyl sites for hydroxylation is 2. The number of rotatable bonds is 2. The van der Waals surface area contributed by atoms with E-state index in [1.165, 1.54) is 5.56 Å². The molecule has 2 aromatic rings. The lowest BCUT2D eigenvalue weighted by molar-refractivity contribution is 0.0627. The summed E-state index contributed by atoms with van der Waals surface area (Å²) in [4.78, 5) is 27.5. The Labute approximate surface area is 146 Å². The second-order valence-electron chi connectivity index (χ2n) is 7.39. The van der Waals surface area contributed by atoms with Gasteiger partial charge < -0.3 is 14.1 Å². The summed E-state index contributed by atoms with van der Waals surface area (Å²) in [5.41, 5.74) is 3.14. The summed E-state index contributed by atoms with van der Waals surface area (Å²) in [6.45, 7) is 6.87. The van der Waals surface area contributed by atoms with Crippen LogP contribution in [0.2, 0.25) is 0 Å². The minimum absolute atomic E-state index is 0.251. The van der Waals surface area contributed by atoms with Crippen LogP contribution in [0, 0.1) is 13.8 Å². The van der Waals surface area contributed by atoms with Crippen molar-refractivity contribution in [2.24, 2.45) is 0 Å². The molecule has 0 N–H and O–H groups in total. The zero-order valence-corrected chi connectivity index (χ0v) is 14.8. The first-order chi connectivity index (χ1) is 11.8. The number of hydrogen-bond acceptors (Lipinski definition) is 5. The maximum atomic E-state index is 11.9. The number of fused-ring (bicyclic) bond motifs is 1. The third kappa shape index (κ3) is 2.80. The number of carbonyl (C=O) groups is 1. The van der Waals surface area contributed by atoms with Crippen molar-refractivity contribution in [3.8, 4) is 0 Å². The third-order valence-electron chi connectivity index (χ3n) is 5.37. The van der Waals surface area contributed by atoms with Gasteiger partial charge in [-0.25, -0.2) is 9.59 Å². The summed E-state index contributed by atoms with van der Waals surface area (Å²) < 4.78 is 11.0. The van der Waals surface area contributed by atoms with Gasteiger partial charge in [-0.2, -0.15) is 0 Å². The van der Waals surface area contributed by atoms with Crippen LogP contribution in [0.4, 0.5) is 4.79 Å². The van der Waals surface area contributed by atoms with Crippen LogP contribution in [0.5, 0.6) is 0 Å². The van der Waals surface area contributed by atoms with Crippen molar-refractivity contribution in [1.82, 2.24) is 9.80 Å². The fourth-order valence-electron chi connectivity index (χ4n) is 3.92. The molecule has 0 saturated carbocycles. The van der Waals surface area contributed by atoms with Gasteiger partial charge in [0.15, 0.2) is 0 Å². The second kappa shape index (κ2) is 5.59. The first-order valence-corrected chi connectivity index (χ1v) is 8.56. The summed E-state index contributed by atoms with van der Waals surface area (Å²) in [5, 5.41) is 0.976. The van der Waals surface area contributed by atoms with Gasteiger partial charge in [0, 0.05) is 44.6 Å². The standard InChI is InChI=1S/C19H22N2O4/c1-12-6-15-14(8-17(22)24-16(15)7-13(12)2)9-21-5-4-19(11-21)10-20(3)18(23)25-19/h6-8H,4-5,9-11H2,1-3H3. The molecule has 132 valence electrons. The van der Waals surface area contributed by atoms with Gasteiger partial charge >= 0.3 is 11.7 Å². The van der Waals surface area contributed by atoms with Crippen LogP contribution in [-0.2, 0) is 11.3 Å². The van der Waals surface area contributed by atoms with E-state index in [1.54, 1.807) is 18.0 Å². The van der Waals surface area contributed by atoms with Gasteiger partial charge in [-0.1, -0.05) is 0 Å². The normalized spacial score (nSPS) is 23.8. The average Bonchev–Trinajstić information content (AvgIpc) is 3.04. The van der Waals surface area contributed by atoms with E-state index in [0.29, 0.717) is 25.2 Å². The van der Waals surface area contributed by atoms with Crippen molar-refractivity contribution in [2.45, 2.75) is 32.4 Å². The minimum atomic E-state index is -0.409. The molecule has 1 aromatic heterocycles. The van der Waals surface area contributed by atoms with E-state index in [2.05, 4.69) is 17.9 Å². The van der Waals surface area contributed by atoms with E-state index < -0.39 is 5.60 Å². The molecular weight excluding hydrogens is 320 g/mol. The quantitative estimate of drug-likeness (QED) is 0.785. The molecular formula is C19H22N2O4. The maximum Gasteiger partial charge on any atom is 0.410 e. The van der Waals surface area contributed by atoms with Crippen LogP contribution >= 0.6 is 0 Å². The van der Waals surface area contributed by atoms with Crippen LogP contribution in [0.1, 0.15) is 23.1 Å². The molecule has 2 aliphatic rings. The molecule has 1 atom stereocenters. The number of ether oxygens (including phenoxy) is 1. The van der Waals surface area contributed by atoms with E-state index in [0.717, 1.165) is 29.5 Å². The van der Waals surface area contributed by atoms with Gasteiger partial charge in [0.05, 0.1) is 6.54 Å². The van der Waals surface area contributed by atoms with Gasteiger partial charge in [-0.15, -0.1) is 0 Å². The largest absolute Gasteiger partial charge is 0.439 e. The van der Waals surface area contributed by atoms with E-state index >= 15 is 0 Å². The van der Waals surface area contributed by atoms with Crippen molar-refractivity contribution in [3.05, 3.63) is 45.3 Å². The predicted octanol–water partition coefficient (Wildman–Crippen LogP) is 2.44. The summed E-state index contributed by atoms with van der Waals surface area (Å²) in [7, 11) is 1.76. The molecule has 0 bridgehead atoms. The molecule has 1 unspecified atom stereocenters. The van der Waals surface area contributed by atoms with Gasteiger partial charge in [0.25, 0.3) is 0 Å². The lowest BCUT2D eigenvalue weighted by Gasteiger charge is -2.22. The first-order valence-electron chi connectivity index (χ1n) is 8.56. The lowest BCUT2D eigenvalue weighted by Crippen LogP contribution is -2.37. The number of nitrogens with zero attached hydrogens (tertiary/aromatic N) is 2. The monoisotopic (exact) mass is 342 g/mol. The van der Waals surface area contributed by atoms with Crippen molar-refractivity contribution in [1.29, 1.82) is 0 Å². The zero-order valence-electron chi connectivity index (χ0n) is 14.8. The Morgan fingerprint density at radius 1 is 1.12 bits per heavy atom. The second-order valence-corrected chi connectivity index (χ2v) is 7.39. The van der Waals surface area contributed by atoms with Crippen LogP contribution < -0.4 is 5.63 Å². The number of hydrogen-bond donors (Lipinski definition) is 0. The van der Waals surface area contributed by atoms with Gasteiger partial charge in [-0.05, 0) is 42.7 Å². The third-order valence-corrected chi connectivity index (χ3v) is 5.37. The van der Waals surface area contributed by atoms with E-state index in [1.807, 2.05) is 13.0 Å². The molecule has 3 heterocycles. The lowest BCUT2D eigenvalue weighted by atomic mass is 10.0. The molecule has 4 rings (SSSR count). The number of likely N-dealkylation sites (tertiary alicyclic amines) is 1. The van der Waals surface area contributed by atoms with Gasteiger partial charge in [0.1, 0.15) is 11.2 Å². The molecule has 0 radical (unpaired) electrons. The molecule has 2 aliphatic heterocycles. The summed E-state index contributed by atoms with van der Waals surface area (Å²) in [6, 6.07) is 5.59. The highest BCUT2D eigenvalue weighted by molar-refractivity contribution is 5.81. The van der Waals surface area contributed by atoms with Crippen molar-refractivity contribution in [2.75, 3.05) is 26.7 Å². The molecule has 2 fully saturated rings. The highest BCUT2D eigenvalue weighted by Gasteiger charge is 2.48. The Bertz CT molecular complexity index is 920. The van der Waals surface area contributed by atoms with Gasteiger partial charge in [-0.3, -0.25) is 4.90 Å². The molecule has 25 heavy (non-hydrogen) atoms. The molecule has 0 aliphatic carbocycles. The van der Waals surface area contributed by atoms with Crippen LogP contribution in [0.15, 0.2) is 27.4 Å². The highest BCUT2D eigenvalue weighted by atomic mass is 16.6. The average molecular weight is 342 g/mol. The molecule has 1 spiro atoms. The van der Waals surface area contributed by atoms with Crippen LogP contribution in [0.25, 0.3) is 11.0 Å². The van der Waals surface area contributed by atoms with E-state index in [-0.39, 0.29) is 11.7 Å². The smallest absolute Gasteiger partial charge is 0.410 e. The van der Waals surface area contributed by atoms with Crippen LogP contribution in [0.3, 0.4) is 0 Å². The first kappa shape index (κ1) is 16.1. The topological polar surface area (TPSA) is 63.0 Å². The van der Waals surface area contributed by atoms with E-state index in [4.69, 9.17) is 9.15 Å². The fraction of sp³-hybridized carbons (Fsp3) is 0.474. The Kier molecular flexibility index (Phi) is 3.61. The van der Waals surface area contributed by atoms with Crippen LogP contribution in [-0.4, -0.2) is 48.2 Å². The Balaban J connectivity index is 1.62. The summed E-state index contributed by atoms with van der Waals surface area (Å²) in [5.74, 6) is 0. The number of amides is 1. The Hall–Kier alpha value is -2.34. The number of benzene rings is 1. The SMILES string of the molecule is Cc1cc2oc(=O)cc(CN3CCC4(C3)CN(C)C(=O)O4)c2cc1C. The van der Waals surface area contributed by atoms with Crippen molar-refractivity contribution in [3.63, 3.8) is 0 Å². The molecule has 2 saturated heterocycles. The number of likely N-dealkylation sites (N-methyl/N-ethyl adjacent to an activating group) is 1. The Morgan fingerprint density at radius 3 is 2.60 bits per heavy atom. The number of carbonyl (C=O) groups excluding carboxylic acids is 1. The minimum Gasteiger partial charge on any atom is -0.439 e. The summed E-state index contributed by atoms with van der Waals surface area (Å²) in [6.07, 6.45) is 0.569. The summed E-state index contributed by atoms with van der Waals surface area (Å²) >= 11 is 0. The van der Waals surface area contributed by atoms with Crippen molar-refractivity contribution < 1.29 is 13.9 Å². The molecule has 6 heteroatoms. The predicted molar refractivity (Wildman–Crippen MR) is 93.7 cm³/mol. The maximum absolute atomic E-state index is 11.9. The van der Waals surface area contributed by atoms with Crippen molar-refractivity contribution >= 4 is 17.1 Å². The van der Waals surface area contributed by atoms with Gasteiger partial charge in [0.2, 0.25) is 0 Å². The zero-order chi connectivity index (χ0) is 17.8. The Morgan fingerprint density at radius 2 is 1.88 bits per heavy atom. The molecule has 6 nitrogen and oxygen atoms in total. The molecule has 1 aromatic carbocycles. The van der Waals surface area contributed by atoms with E-state index in [9.17, 15) is 9.59 Å². The highest BCUT2D eigenvalue weighted by Crippen LogP contribution is 2.33. The fourth-order valence-corrected chi connectivity index (χ4v) is 3.92. The molecule has 1 amide bonds.